The summed E-state index contributed by atoms with van der Waals surface area (Å²) in [5, 5.41) is 60.7. The molecule has 0 saturated carbocycles. The minimum absolute atomic E-state index is 0. The number of phosphoric ester groups is 1. The minimum atomic E-state index is -5.42. The van der Waals surface area contributed by atoms with Gasteiger partial charge in [0.05, 0.1) is 21.0 Å². The predicted octanol–water partition coefficient (Wildman–Crippen LogP) is -9.15. The number of hydrogen-bond acceptors (Lipinski definition) is 14. The van der Waals surface area contributed by atoms with Crippen molar-refractivity contribution in [3.63, 3.8) is 0 Å². The van der Waals surface area contributed by atoms with Crippen LogP contribution in [-0.2, 0) is 28.0 Å². The van der Waals surface area contributed by atoms with Crippen LogP contribution in [0.3, 0.4) is 0 Å². The molecule has 2 heterocycles. The maximum absolute atomic E-state index is 10.8. The average molecular weight is 578 g/mol. The molecule has 0 unspecified atom stereocenters. The zero-order valence-corrected chi connectivity index (χ0v) is 26.4. The minimum Gasteiger partial charge on any atom is -0.790 e. The number of ether oxygens (including phenoxy) is 4. The molecular formula is C20H37Na2O14P. The molecule has 2 rings (SSSR count). The zero-order valence-electron chi connectivity index (χ0n) is 21.5. The van der Waals surface area contributed by atoms with Crippen molar-refractivity contribution >= 4 is 7.82 Å². The molecule has 2 saturated heterocycles. The molecule has 0 bridgehead atoms. The van der Waals surface area contributed by atoms with E-state index in [0.29, 0.717) is 6.42 Å². The van der Waals surface area contributed by atoms with Gasteiger partial charge in [-0.05, 0) is 6.42 Å². The third kappa shape index (κ3) is 12.2. The van der Waals surface area contributed by atoms with E-state index in [1.54, 1.807) is 0 Å². The second-order valence-corrected chi connectivity index (χ2v) is 9.86. The molecule has 0 spiro atoms. The predicted molar refractivity (Wildman–Crippen MR) is 112 cm³/mol. The summed E-state index contributed by atoms with van der Waals surface area (Å²) in [6.45, 7) is 0.714. The van der Waals surface area contributed by atoms with E-state index < -0.39 is 82.4 Å². The summed E-state index contributed by atoms with van der Waals surface area (Å²) in [5.74, 6) is 0. The van der Waals surface area contributed by atoms with Crippen LogP contribution in [0.2, 0.25) is 0 Å². The van der Waals surface area contributed by atoms with Gasteiger partial charge in [0.2, 0.25) is 0 Å². The van der Waals surface area contributed by atoms with Crippen LogP contribution in [0.4, 0.5) is 0 Å². The fraction of sp³-hybridized carbons (Fsp3) is 1.00. The molecule has 208 valence electrons. The topological polar surface area (TPSA) is 231 Å². The second kappa shape index (κ2) is 19.0. The van der Waals surface area contributed by atoms with Gasteiger partial charge in [0, 0.05) is 6.61 Å². The van der Waals surface area contributed by atoms with Crippen molar-refractivity contribution in [2.45, 2.75) is 107 Å². The summed E-state index contributed by atoms with van der Waals surface area (Å²) in [4.78, 5) is 21.5. The van der Waals surface area contributed by atoms with E-state index in [4.69, 9.17) is 18.9 Å². The van der Waals surface area contributed by atoms with Gasteiger partial charge in [0.15, 0.2) is 12.6 Å². The molecule has 37 heavy (non-hydrogen) atoms. The normalized spacial score (nSPS) is 36.5. The first-order valence-corrected chi connectivity index (χ1v) is 13.2. The van der Waals surface area contributed by atoms with Gasteiger partial charge in [-0.15, -0.1) is 0 Å². The summed E-state index contributed by atoms with van der Waals surface area (Å²) in [7, 11) is -5.42. The maximum Gasteiger partial charge on any atom is 1.00 e. The van der Waals surface area contributed by atoms with E-state index in [-0.39, 0.29) is 65.7 Å². The van der Waals surface area contributed by atoms with E-state index in [2.05, 4.69) is 11.4 Å². The Morgan fingerprint density at radius 2 is 1.35 bits per heavy atom. The fourth-order valence-corrected chi connectivity index (χ4v) is 4.23. The van der Waals surface area contributed by atoms with Gasteiger partial charge >= 0.3 is 59.1 Å². The summed E-state index contributed by atoms with van der Waals surface area (Å²) in [5.41, 5.74) is 0. The summed E-state index contributed by atoms with van der Waals surface area (Å²) in [6.07, 6.45) is -10.3. The molecule has 2 aliphatic heterocycles. The Balaban J connectivity index is 0.00000648. The van der Waals surface area contributed by atoms with Crippen molar-refractivity contribution in [1.82, 2.24) is 0 Å². The molecule has 6 N–H and O–H groups in total. The van der Waals surface area contributed by atoms with E-state index in [0.717, 1.165) is 32.1 Å². The molecule has 17 heteroatoms. The number of rotatable bonds is 14. The quantitative estimate of drug-likeness (QED) is 0.0639. The Bertz CT molecular complexity index is 661. The number of aliphatic hydroxyl groups is 6. The number of phosphoric acid groups is 1. The first kappa shape index (κ1) is 38.7. The Hall–Kier alpha value is 1.71. The molecule has 0 aliphatic carbocycles. The van der Waals surface area contributed by atoms with E-state index in [9.17, 15) is 45.0 Å². The van der Waals surface area contributed by atoms with Crippen molar-refractivity contribution in [2.75, 3.05) is 19.8 Å². The van der Waals surface area contributed by atoms with Crippen molar-refractivity contribution in [3.05, 3.63) is 0 Å². The van der Waals surface area contributed by atoms with Crippen LogP contribution in [0.1, 0.15) is 45.4 Å². The third-order valence-corrected chi connectivity index (χ3v) is 6.43. The van der Waals surface area contributed by atoms with Crippen LogP contribution in [0.5, 0.6) is 0 Å². The number of unbranched alkanes of at least 4 members (excludes halogenated alkanes) is 5. The fourth-order valence-electron chi connectivity index (χ4n) is 3.90. The number of aliphatic hydroxyl groups excluding tert-OH is 6. The van der Waals surface area contributed by atoms with E-state index in [1.807, 2.05) is 0 Å². The Morgan fingerprint density at radius 3 is 1.95 bits per heavy atom. The van der Waals surface area contributed by atoms with E-state index in [1.165, 1.54) is 0 Å². The van der Waals surface area contributed by atoms with Crippen molar-refractivity contribution < 1.29 is 128 Å². The van der Waals surface area contributed by atoms with Crippen LogP contribution < -0.4 is 68.9 Å². The van der Waals surface area contributed by atoms with Gasteiger partial charge in [-0.3, -0.25) is 0 Å². The van der Waals surface area contributed by atoms with E-state index >= 15 is 0 Å². The largest absolute Gasteiger partial charge is 1.00 e. The SMILES string of the molecule is CCCCCCCCO[C@H]1O[C@H](CO)[C@@H](O)[C@H](O)[C@@H]1O[C@H]1O[C@H](COP(=O)([O-])[O-])[C@@H](O)[C@H](O)[C@@H]1O.[Na+].[Na+]. The molecule has 0 radical (unpaired) electrons. The molecule has 14 nitrogen and oxygen atoms in total. The van der Waals surface area contributed by atoms with Crippen LogP contribution in [0, 0.1) is 0 Å². The van der Waals surface area contributed by atoms with Gasteiger partial charge in [-0.25, -0.2) is 0 Å². The maximum atomic E-state index is 10.8. The molecular weight excluding hydrogens is 541 g/mol. The van der Waals surface area contributed by atoms with Gasteiger partial charge < -0.3 is 68.5 Å². The summed E-state index contributed by atoms with van der Waals surface area (Å²) < 4.78 is 36.9. The molecule has 0 aromatic heterocycles. The Morgan fingerprint density at radius 1 is 0.784 bits per heavy atom. The average Bonchev–Trinajstić information content (AvgIpc) is 2.81. The summed E-state index contributed by atoms with van der Waals surface area (Å²) >= 11 is 0. The molecule has 2 fully saturated rings. The smallest absolute Gasteiger partial charge is 0.790 e. The molecule has 2 aliphatic rings. The van der Waals surface area contributed by atoms with Crippen molar-refractivity contribution in [3.8, 4) is 0 Å². The first-order valence-electron chi connectivity index (χ1n) is 11.8. The van der Waals surface area contributed by atoms with Crippen molar-refractivity contribution in [1.29, 1.82) is 0 Å². The van der Waals surface area contributed by atoms with Crippen LogP contribution in [0.25, 0.3) is 0 Å². The van der Waals surface area contributed by atoms with Crippen LogP contribution >= 0.6 is 7.82 Å². The van der Waals surface area contributed by atoms with Gasteiger partial charge in [-0.1, -0.05) is 39.0 Å². The summed E-state index contributed by atoms with van der Waals surface area (Å²) in [6, 6.07) is 0. The molecule has 0 amide bonds. The van der Waals surface area contributed by atoms with Gasteiger partial charge in [-0.2, -0.15) is 0 Å². The Labute approximate surface area is 260 Å². The third-order valence-electron chi connectivity index (χ3n) is 5.96. The van der Waals surface area contributed by atoms with Crippen molar-refractivity contribution in [2.24, 2.45) is 0 Å². The zero-order chi connectivity index (χ0) is 26.2. The first-order chi connectivity index (χ1) is 16.5. The number of hydrogen-bond donors (Lipinski definition) is 6. The van der Waals surface area contributed by atoms with Gasteiger partial charge in [0.25, 0.3) is 0 Å². The Kier molecular flexibility index (Phi) is 19.9. The second-order valence-electron chi connectivity index (χ2n) is 8.70. The van der Waals surface area contributed by atoms with Gasteiger partial charge in [0.1, 0.15) is 48.8 Å². The standard InChI is InChI=1S/C20H39O14P.2Na/c1-2-3-4-5-6-7-8-30-20-18(16(25)13(22)11(9-21)32-20)34-19-17(26)15(24)14(23)12(33-19)10-31-35(27,28)29;;/h11-26H,2-10H2,1H3,(H2,27,28,29);;/q;2*+1/p-2/t11-,12-,13-,14-,15+,16+,17+,18+,19-,20+;;/m1../s1. The van der Waals surface area contributed by atoms with Crippen LogP contribution in [0.15, 0.2) is 0 Å². The molecule has 0 aromatic carbocycles. The monoisotopic (exact) mass is 578 g/mol. The van der Waals surface area contributed by atoms with Crippen LogP contribution in [-0.4, -0.2) is 112 Å². The molecule has 0 aromatic rings. The molecule has 10 atom stereocenters.